The van der Waals surface area contributed by atoms with Crippen LogP contribution in [0.1, 0.15) is 37.5 Å². The monoisotopic (exact) mass is 239 g/mol. The first-order valence-corrected chi connectivity index (χ1v) is 3.75. The van der Waals surface area contributed by atoms with Gasteiger partial charge in [-0.2, -0.15) is 11.1 Å². The van der Waals surface area contributed by atoms with Crippen molar-refractivity contribution in [3.8, 4) is 0 Å². The minimum absolute atomic E-state index is 0. The molecule has 11 heavy (non-hydrogen) atoms. The van der Waals surface area contributed by atoms with Gasteiger partial charge in [0.1, 0.15) is 0 Å². The topological polar surface area (TPSA) is 0 Å². The van der Waals surface area contributed by atoms with Crippen molar-refractivity contribution in [3.63, 3.8) is 0 Å². The van der Waals surface area contributed by atoms with Gasteiger partial charge in [-0.1, -0.05) is 33.1 Å². The summed E-state index contributed by atoms with van der Waals surface area (Å²) >= 11 is 0. The van der Waals surface area contributed by atoms with Crippen molar-refractivity contribution in [2.45, 2.75) is 34.6 Å². The zero-order valence-electron chi connectivity index (χ0n) is 9.85. The van der Waals surface area contributed by atoms with Gasteiger partial charge in [0.25, 0.3) is 0 Å². The van der Waals surface area contributed by atoms with Crippen LogP contribution in [0.5, 0.6) is 0 Å². The molecule has 0 unspecified atom stereocenters. The standard InChI is InChI=1S/C10H15.Ru.2H/c1-7-6-10(4,5)9(3)8(7)2;;;/h1-5H3;;;/q-1;+3;2*-1. The van der Waals surface area contributed by atoms with Crippen LogP contribution in [-0.4, -0.2) is 0 Å². The van der Waals surface area contributed by atoms with Gasteiger partial charge in [0.15, 0.2) is 0 Å². The maximum Gasteiger partial charge on any atom is 3.00 e. The zero-order chi connectivity index (χ0) is 7.94. The van der Waals surface area contributed by atoms with E-state index in [1.807, 2.05) is 0 Å². The second-order valence-corrected chi connectivity index (χ2v) is 3.62. The molecule has 1 heteroatoms. The number of rotatable bonds is 0. The first kappa shape index (κ1) is 11.1. The summed E-state index contributed by atoms with van der Waals surface area (Å²) in [7, 11) is 0. The van der Waals surface area contributed by atoms with Crippen LogP contribution in [0.4, 0.5) is 0 Å². The predicted octanol–water partition coefficient (Wildman–Crippen LogP) is 3.33. The maximum atomic E-state index is 3.44. The molecule has 65 valence electrons. The number of hydrogen-bond acceptors (Lipinski definition) is 0. The van der Waals surface area contributed by atoms with E-state index in [9.17, 15) is 0 Å². The van der Waals surface area contributed by atoms with Gasteiger partial charge >= 0.3 is 19.5 Å². The van der Waals surface area contributed by atoms with Gasteiger partial charge in [-0.3, -0.25) is 6.08 Å². The van der Waals surface area contributed by atoms with Crippen LogP contribution in [0.3, 0.4) is 0 Å². The molecular weight excluding hydrogens is 221 g/mol. The van der Waals surface area contributed by atoms with E-state index in [1.54, 1.807) is 0 Å². The summed E-state index contributed by atoms with van der Waals surface area (Å²) in [4.78, 5) is 0. The minimum atomic E-state index is 0. The van der Waals surface area contributed by atoms with Crippen LogP contribution < -0.4 is 0 Å². The summed E-state index contributed by atoms with van der Waals surface area (Å²) in [6.45, 7) is 10.9. The molecule has 0 fully saturated rings. The molecule has 0 saturated heterocycles. The third-order valence-corrected chi connectivity index (χ3v) is 2.56. The Balaban J connectivity index is -0.000000333. The van der Waals surface area contributed by atoms with Gasteiger partial charge in [0, 0.05) is 0 Å². The molecule has 0 atom stereocenters. The largest absolute Gasteiger partial charge is 3.00 e. The summed E-state index contributed by atoms with van der Waals surface area (Å²) in [5.41, 5.74) is 4.39. The van der Waals surface area contributed by atoms with E-state index in [4.69, 9.17) is 0 Å². The Bertz CT molecular complexity index is 227. The average molecular weight is 238 g/mol. The van der Waals surface area contributed by atoms with Crippen LogP contribution in [0.25, 0.3) is 0 Å². The fourth-order valence-electron chi connectivity index (χ4n) is 1.41. The summed E-state index contributed by atoms with van der Waals surface area (Å²) in [5, 5.41) is 0. The van der Waals surface area contributed by atoms with E-state index >= 15 is 0 Å². The van der Waals surface area contributed by atoms with Crippen molar-refractivity contribution < 1.29 is 22.3 Å². The average Bonchev–Trinajstić information content (AvgIpc) is 1.95. The Kier molecular flexibility index (Phi) is 3.26. The molecule has 1 rings (SSSR count). The molecule has 0 aromatic rings. The Morgan fingerprint density at radius 2 is 1.64 bits per heavy atom. The van der Waals surface area contributed by atoms with E-state index in [1.165, 1.54) is 16.7 Å². The summed E-state index contributed by atoms with van der Waals surface area (Å²) in [6.07, 6.45) is 3.44. The van der Waals surface area contributed by atoms with E-state index in [0.29, 0.717) is 0 Å². The van der Waals surface area contributed by atoms with Crippen molar-refractivity contribution in [2.75, 3.05) is 0 Å². The second kappa shape index (κ2) is 3.23. The van der Waals surface area contributed by atoms with Crippen LogP contribution in [0.2, 0.25) is 0 Å². The Morgan fingerprint density at radius 1 is 1.18 bits per heavy atom. The van der Waals surface area contributed by atoms with E-state index in [2.05, 4.69) is 40.7 Å². The van der Waals surface area contributed by atoms with E-state index in [-0.39, 0.29) is 27.7 Å². The molecule has 0 N–H and O–H groups in total. The molecule has 0 spiro atoms. The Labute approximate surface area is 85.5 Å². The molecule has 0 heterocycles. The quantitative estimate of drug-likeness (QED) is 0.448. The van der Waals surface area contributed by atoms with Gasteiger partial charge in [-0.05, 0) is 0 Å². The number of hydrogen-bond donors (Lipinski definition) is 0. The van der Waals surface area contributed by atoms with E-state index < -0.39 is 0 Å². The molecule has 1 aliphatic rings. The van der Waals surface area contributed by atoms with Crippen LogP contribution in [-0.2, 0) is 19.5 Å². The SMILES string of the molecule is CC1=[C-]C(C)(C)C(C)=C1C.[H-].[H-].[Ru+3]. The van der Waals surface area contributed by atoms with Gasteiger partial charge in [-0.15, -0.1) is 6.92 Å². The number of allylic oxidation sites excluding steroid dienone is 4. The summed E-state index contributed by atoms with van der Waals surface area (Å²) in [5.74, 6) is 0. The van der Waals surface area contributed by atoms with Gasteiger partial charge < -0.3 is 2.85 Å². The molecule has 0 amide bonds. The minimum Gasteiger partial charge on any atom is -1.00 e. The van der Waals surface area contributed by atoms with E-state index in [0.717, 1.165) is 0 Å². The molecule has 0 nitrogen and oxygen atoms in total. The van der Waals surface area contributed by atoms with Gasteiger partial charge in [-0.25, -0.2) is 5.57 Å². The van der Waals surface area contributed by atoms with Crippen LogP contribution in [0.15, 0.2) is 16.7 Å². The molecule has 0 saturated carbocycles. The van der Waals surface area contributed by atoms with Crippen molar-refractivity contribution in [1.82, 2.24) is 0 Å². The Morgan fingerprint density at radius 3 is 1.73 bits per heavy atom. The predicted molar refractivity (Wildman–Crippen MR) is 46.8 cm³/mol. The third-order valence-electron chi connectivity index (χ3n) is 2.56. The third kappa shape index (κ3) is 1.82. The fraction of sp³-hybridized carbons (Fsp3) is 0.600. The zero-order valence-corrected chi connectivity index (χ0v) is 9.59. The molecule has 0 aliphatic heterocycles. The smallest absolute Gasteiger partial charge is 1.00 e. The molecule has 1 radical (unpaired) electrons. The fourth-order valence-corrected chi connectivity index (χ4v) is 1.41. The summed E-state index contributed by atoms with van der Waals surface area (Å²) in [6, 6.07) is 0. The molecule has 0 aromatic heterocycles. The van der Waals surface area contributed by atoms with Crippen molar-refractivity contribution in [3.05, 3.63) is 22.8 Å². The summed E-state index contributed by atoms with van der Waals surface area (Å²) < 4.78 is 0. The molecule has 0 bridgehead atoms. The normalized spacial score (nSPS) is 21.4. The van der Waals surface area contributed by atoms with Gasteiger partial charge in [0.05, 0.1) is 0 Å². The van der Waals surface area contributed by atoms with Crippen LogP contribution in [0, 0.1) is 11.5 Å². The first-order valence-electron chi connectivity index (χ1n) is 3.75. The molecule has 0 aromatic carbocycles. The van der Waals surface area contributed by atoms with Crippen molar-refractivity contribution in [1.29, 1.82) is 0 Å². The van der Waals surface area contributed by atoms with Crippen molar-refractivity contribution >= 4 is 0 Å². The van der Waals surface area contributed by atoms with Crippen LogP contribution >= 0.6 is 0 Å². The van der Waals surface area contributed by atoms with Gasteiger partial charge in [0.2, 0.25) is 0 Å². The Hall–Kier alpha value is 0.103. The molecule has 1 aliphatic carbocycles. The first-order chi connectivity index (χ1) is 4.45. The van der Waals surface area contributed by atoms with Crippen molar-refractivity contribution in [2.24, 2.45) is 5.41 Å². The second-order valence-electron chi connectivity index (χ2n) is 3.62. The maximum absolute atomic E-state index is 3.44. The molecular formula is C10H17Ru.